The maximum atomic E-state index is 14.8. The van der Waals surface area contributed by atoms with E-state index in [0.717, 1.165) is 5.56 Å². The number of amides is 1. The van der Waals surface area contributed by atoms with Crippen LogP contribution in [0.2, 0.25) is 0 Å². The van der Waals surface area contributed by atoms with E-state index < -0.39 is 24.1 Å². The molecule has 2 aromatic rings. The van der Waals surface area contributed by atoms with Gasteiger partial charge in [0.15, 0.2) is 0 Å². The molecule has 0 atom stereocenters. The highest BCUT2D eigenvalue weighted by Crippen LogP contribution is 2.36. The van der Waals surface area contributed by atoms with Crippen molar-refractivity contribution in [3.63, 3.8) is 0 Å². The Hall–Kier alpha value is -2.52. The molecule has 1 amide bonds. The van der Waals surface area contributed by atoms with Gasteiger partial charge in [-0.1, -0.05) is 0 Å². The molecule has 0 bridgehead atoms. The third-order valence-electron chi connectivity index (χ3n) is 5.69. The summed E-state index contributed by atoms with van der Waals surface area (Å²) in [5.41, 5.74) is 6.84. The predicted molar refractivity (Wildman–Crippen MR) is 104 cm³/mol. The Balaban J connectivity index is 1.76. The smallest absolute Gasteiger partial charge is 0.398 e. The van der Waals surface area contributed by atoms with Crippen LogP contribution in [-0.2, 0) is 15.7 Å². The summed E-state index contributed by atoms with van der Waals surface area (Å²) in [4.78, 5) is 20.6. The van der Waals surface area contributed by atoms with E-state index in [0.29, 0.717) is 24.1 Å². The van der Waals surface area contributed by atoms with Gasteiger partial charge in [-0.2, -0.15) is 0 Å². The topological polar surface area (TPSA) is 99.4 Å². The van der Waals surface area contributed by atoms with Gasteiger partial charge >= 0.3 is 7.12 Å². The summed E-state index contributed by atoms with van der Waals surface area (Å²) in [6.07, 6.45) is 2.09. The van der Waals surface area contributed by atoms with Crippen LogP contribution < -0.4 is 16.6 Å². The van der Waals surface area contributed by atoms with Crippen molar-refractivity contribution in [3.8, 4) is 11.3 Å². The molecule has 3 N–H and O–H groups in total. The minimum absolute atomic E-state index is 0.0966. The fourth-order valence-corrected chi connectivity index (χ4v) is 3.31. The standard InChI is InChI=1S/C19H22BFN4O3/c1-18(2)19(3,4)28-20(27-18)14-9-24-16(22)15(25-14)12-7-10-5-6-23-17(26)11(10)8-13(12)21/h7-9H,5-6H2,1-4H3,(H2,22,24)(H,23,26). The van der Waals surface area contributed by atoms with E-state index in [-0.39, 0.29) is 23.0 Å². The lowest BCUT2D eigenvalue weighted by atomic mass is 9.85. The van der Waals surface area contributed by atoms with Crippen LogP contribution in [0.25, 0.3) is 11.3 Å². The van der Waals surface area contributed by atoms with E-state index in [4.69, 9.17) is 15.0 Å². The molecule has 0 saturated carbocycles. The molecule has 28 heavy (non-hydrogen) atoms. The third kappa shape index (κ3) is 2.95. The number of anilines is 1. The Morgan fingerprint density at radius 1 is 1.18 bits per heavy atom. The minimum atomic E-state index is -0.733. The van der Waals surface area contributed by atoms with Gasteiger partial charge in [-0.3, -0.25) is 9.78 Å². The summed E-state index contributed by atoms with van der Waals surface area (Å²) in [6.45, 7) is 8.26. The van der Waals surface area contributed by atoms with E-state index in [2.05, 4.69) is 15.3 Å². The highest BCUT2D eigenvalue weighted by atomic mass is 19.1. The molecule has 0 unspecified atom stereocenters. The van der Waals surface area contributed by atoms with Crippen LogP contribution in [0.5, 0.6) is 0 Å². The van der Waals surface area contributed by atoms with Crippen molar-refractivity contribution in [2.75, 3.05) is 12.3 Å². The minimum Gasteiger partial charge on any atom is -0.398 e. The maximum absolute atomic E-state index is 14.8. The highest BCUT2D eigenvalue weighted by molar-refractivity contribution is 6.61. The van der Waals surface area contributed by atoms with Gasteiger partial charge < -0.3 is 20.4 Å². The SMILES string of the molecule is CC1(C)OB(c2cnc(N)c(-c3cc4c(cc3F)C(=O)NCC4)n2)OC1(C)C. The van der Waals surface area contributed by atoms with Crippen LogP contribution in [0, 0.1) is 5.82 Å². The number of hydrogen-bond donors (Lipinski definition) is 2. The lowest BCUT2D eigenvalue weighted by Crippen LogP contribution is -2.41. The van der Waals surface area contributed by atoms with Crippen LogP contribution in [0.3, 0.4) is 0 Å². The average Bonchev–Trinajstić information content (AvgIpc) is 2.83. The maximum Gasteiger partial charge on any atom is 0.516 e. The quantitative estimate of drug-likeness (QED) is 0.761. The first kappa shape index (κ1) is 18.8. The second-order valence-corrected chi connectivity index (χ2v) is 8.11. The molecule has 0 aliphatic carbocycles. The number of carbonyl (C=O) groups is 1. The Bertz CT molecular complexity index is 964. The summed E-state index contributed by atoms with van der Waals surface area (Å²) in [5.74, 6) is -0.765. The van der Waals surface area contributed by atoms with Crippen molar-refractivity contribution in [3.05, 3.63) is 35.3 Å². The summed E-state index contributed by atoms with van der Waals surface area (Å²) < 4.78 is 26.8. The molecule has 0 spiro atoms. The molecule has 146 valence electrons. The predicted octanol–water partition coefficient (Wildman–Crippen LogP) is 1.45. The number of halogens is 1. The molecular weight excluding hydrogens is 362 g/mol. The number of hydrogen-bond acceptors (Lipinski definition) is 6. The number of nitrogen functional groups attached to an aromatic ring is 1. The second kappa shape index (κ2) is 6.25. The monoisotopic (exact) mass is 384 g/mol. The van der Waals surface area contributed by atoms with E-state index >= 15 is 0 Å². The molecule has 1 aromatic heterocycles. The first-order valence-corrected chi connectivity index (χ1v) is 9.18. The van der Waals surface area contributed by atoms with Crippen LogP contribution in [0.1, 0.15) is 43.6 Å². The van der Waals surface area contributed by atoms with Crippen molar-refractivity contribution >= 4 is 24.4 Å². The molecule has 1 saturated heterocycles. The van der Waals surface area contributed by atoms with Crippen molar-refractivity contribution < 1.29 is 18.5 Å². The fourth-order valence-electron chi connectivity index (χ4n) is 3.31. The summed E-state index contributed by atoms with van der Waals surface area (Å²) >= 11 is 0. The van der Waals surface area contributed by atoms with Crippen molar-refractivity contribution in [1.29, 1.82) is 0 Å². The molecule has 1 aromatic carbocycles. The van der Waals surface area contributed by atoms with Gasteiger partial charge in [0, 0.05) is 23.9 Å². The molecular formula is C19H22BFN4O3. The molecule has 0 radical (unpaired) electrons. The summed E-state index contributed by atoms with van der Waals surface area (Å²) in [7, 11) is -0.733. The zero-order valence-electron chi connectivity index (χ0n) is 16.3. The van der Waals surface area contributed by atoms with E-state index in [1.807, 2.05) is 27.7 Å². The Morgan fingerprint density at radius 2 is 1.86 bits per heavy atom. The van der Waals surface area contributed by atoms with Gasteiger partial charge in [-0.05, 0) is 51.8 Å². The van der Waals surface area contributed by atoms with Crippen molar-refractivity contribution in [2.45, 2.75) is 45.3 Å². The van der Waals surface area contributed by atoms with Crippen LogP contribution >= 0.6 is 0 Å². The van der Waals surface area contributed by atoms with Gasteiger partial charge in [0.1, 0.15) is 17.3 Å². The van der Waals surface area contributed by atoms with Crippen LogP contribution in [-0.4, -0.2) is 40.7 Å². The Kier molecular flexibility index (Phi) is 4.20. The van der Waals surface area contributed by atoms with E-state index in [9.17, 15) is 9.18 Å². The number of fused-ring (bicyclic) bond motifs is 1. The highest BCUT2D eigenvalue weighted by Gasteiger charge is 2.52. The lowest BCUT2D eigenvalue weighted by Gasteiger charge is -2.32. The number of nitrogens with zero attached hydrogens (tertiary/aromatic N) is 2. The molecule has 1 fully saturated rings. The molecule has 2 aliphatic heterocycles. The van der Waals surface area contributed by atoms with Crippen molar-refractivity contribution in [1.82, 2.24) is 15.3 Å². The number of rotatable bonds is 2. The normalized spacial score (nSPS) is 20.0. The van der Waals surface area contributed by atoms with Gasteiger partial charge in [-0.15, -0.1) is 0 Å². The zero-order chi connectivity index (χ0) is 20.3. The molecule has 2 aliphatic rings. The third-order valence-corrected chi connectivity index (χ3v) is 5.69. The largest absolute Gasteiger partial charge is 0.516 e. The van der Waals surface area contributed by atoms with Crippen molar-refractivity contribution in [2.24, 2.45) is 0 Å². The van der Waals surface area contributed by atoms with Crippen LogP contribution in [0.15, 0.2) is 18.3 Å². The van der Waals surface area contributed by atoms with Gasteiger partial charge in [-0.25, -0.2) is 9.37 Å². The number of benzene rings is 1. The first-order valence-electron chi connectivity index (χ1n) is 9.18. The van der Waals surface area contributed by atoms with E-state index in [1.54, 1.807) is 6.07 Å². The molecule has 4 rings (SSSR count). The van der Waals surface area contributed by atoms with Gasteiger partial charge in [0.25, 0.3) is 5.91 Å². The van der Waals surface area contributed by atoms with Gasteiger partial charge in [0.2, 0.25) is 0 Å². The number of carbonyl (C=O) groups excluding carboxylic acids is 1. The second-order valence-electron chi connectivity index (χ2n) is 8.11. The number of aromatic nitrogens is 2. The number of nitrogens with two attached hydrogens (primary N) is 1. The Morgan fingerprint density at radius 3 is 2.54 bits per heavy atom. The van der Waals surface area contributed by atoms with Gasteiger partial charge in [0.05, 0.1) is 16.8 Å². The fraction of sp³-hybridized carbons (Fsp3) is 0.421. The number of nitrogens with one attached hydrogen (secondary N) is 1. The zero-order valence-corrected chi connectivity index (χ0v) is 16.3. The lowest BCUT2D eigenvalue weighted by molar-refractivity contribution is 0.00578. The molecule has 7 nitrogen and oxygen atoms in total. The van der Waals surface area contributed by atoms with E-state index in [1.165, 1.54) is 12.3 Å². The summed E-state index contributed by atoms with van der Waals surface area (Å²) in [6, 6.07) is 2.85. The van der Waals surface area contributed by atoms with Crippen LogP contribution in [0.4, 0.5) is 10.2 Å². The Labute approximate surface area is 163 Å². The first-order chi connectivity index (χ1) is 13.1. The summed E-state index contributed by atoms with van der Waals surface area (Å²) in [5, 5.41) is 2.71. The average molecular weight is 384 g/mol. The molecule has 3 heterocycles. The molecule has 9 heteroatoms.